The lowest BCUT2D eigenvalue weighted by Crippen LogP contribution is -2.42. The summed E-state index contributed by atoms with van der Waals surface area (Å²) in [5, 5.41) is 13.8. The largest absolute Gasteiger partial charge is 0.389 e. The van der Waals surface area contributed by atoms with Gasteiger partial charge in [0.1, 0.15) is 0 Å². The maximum Gasteiger partial charge on any atom is 0.0771 e. The number of benzene rings is 1. The zero-order chi connectivity index (χ0) is 14.3. The molecule has 2 N–H and O–H groups in total. The van der Waals surface area contributed by atoms with Crippen molar-refractivity contribution in [3.8, 4) is 0 Å². The van der Waals surface area contributed by atoms with Crippen molar-refractivity contribution in [1.82, 2.24) is 5.32 Å². The number of rotatable bonds is 7. The first kappa shape index (κ1) is 15.3. The molecule has 1 aromatic rings. The molecule has 3 heteroatoms. The van der Waals surface area contributed by atoms with Gasteiger partial charge in [0.15, 0.2) is 0 Å². The van der Waals surface area contributed by atoms with Gasteiger partial charge in [-0.1, -0.05) is 37.5 Å². The SMILES string of the molecule is CN(CCCNCC1(O)CCCCC1)c1ccccc1. The molecule has 0 aliphatic heterocycles. The second kappa shape index (κ2) is 7.65. The second-order valence-electron chi connectivity index (χ2n) is 6.07. The molecule has 0 aromatic heterocycles. The molecule has 1 aromatic carbocycles. The highest BCUT2D eigenvalue weighted by atomic mass is 16.3. The van der Waals surface area contributed by atoms with Crippen molar-refractivity contribution in [2.45, 2.75) is 44.1 Å². The number of hydrogen-bond acceptors (Lipinski definition) is 3. The third-order valence-electron chi connectivity index (χ3n) is 4.28. The van der Waals surface area contributed by atoms with E-state index in [1.807, 2.05) is 6.07 Å². The molecule has 0 amide bonds. The molecule has 0 heterocycles. The summed E-state index contributed by atoms with van der Waals surface area (Å²) in [6, 6.07) is 10.5. The molecule has 0 atom stereocenters. The van der Waals surface area contributed by atoms with Crippen LogP contribution in [0.4, 0.5) is 5.69 Å². The fourth-order valence-electron chi connectivity index (χ4n) is 2.96. The van der Waals surface area contributed by atoms with E-state index in [-0.39, 0.29) is 0 Å². The quantitative estimate of drug-likeness (QED) is 0.752. The Hall–Kier alpha value is -1.06. The van der Waals surface area contributed by atoms with E-state index < -0.39 is 5.60 Å². The van der Waals surface area contributed by atoms with E-state index in [0.717, 1.165) is 38.9 Å². The van der Waals surface area contributed by atoms with Crippen LogP contribution in [0.25, 0.3) is 0 Å². The molecule has 0 spiro atoms. The number of nitrogens with zero attached hydrogens (tertiary/aromatic N) is 1. The molecule has 2 rings (SSSR count). The lowest BCUT2D eigenvalue weighted by atomic mass is 9.85. The Kier molecular flexibility index (Phi) is 5.86. The minimum atomic E-state index is -0.441. The van der Waals surface area contributed by atoms with E-state index in [1.54, 1.807) is 0 Å². The fourth-order valence-corrected chi connectivity index (χ4v) is 2.96. The second-order valence-corrected chi connectivity index (χ2v) is 6.07. The highest BCUT2D eigenvalue weighted by Crippen LogP contribution is 2.27. The topological polar surface area (TPSA) is 35.5 Å². The molecular formula is C17H28N2O. The Morgan fingerprint density at radius 3 is 2.55 bits per heavy atom. The van der Waals surface area contributed by atoms with Crippen molar-refractivity contribution < 1.29 is 5.11 Å². The van der Waals surface area contributed by atoms with Crippen LogP contribution in [0, 0.1) is 0 Å². The zero-order valence-corrected chi connectivity index (χ0v) is 12.6. The first-order valence-corrected chi connectivity index (χ1v) is 7.89. The van der Waals surface area contributed by atoms with Crippen LogP contribution in [-0.4, -0.2) is 37.4 Å². The van der Waals surface area contributed by atoms with Crippen LogP contribution in [0.15, 0.2) is 30.3 Å². The standard InChI is InChI=1S/C17H28N2O/c1-19(16-9-4-2-5-10-16)14-8-13-18-15-17(20)11-6-3-7-12-17/h2,4-5,9-10,18,20H,3,6-8,11-15H2,1H3. The Bertz CT molecular complexity index is 374. The average Bonchev–Trinajstić information content (AvgIpc) is 2.48. The highest BCUT2D eigenvalue weighted by molar-refractivity contribution is 5.44. The monoisotopic (exact) mass is 276 g/mol. The van der Waals surface area contributed by atoms with Gasteiger partial charge in [-0.15, -0.1) is 0 Å². The van der Waals surface area contributed by atoms with Gasteiger partial charge in [-0.3, -0.25) is 0 Å². The van der Waals surface area contributed by atoms with Crippen LogP contribution >= 0.6 is 0 Å². The number of nitrogens with one attached hydrogen (secondary N) is 1. The van der Waals surface area contributed by atoms with Crippen LogP contribution in [0.3, 0.4) is 0 Å². The fraction of sp³-hybridized carbons (Fsp3) is 0.647. The predicted octanol–water partition coefficient (Wildman–Crippen LogP) is 2.80. The molecule has 0 bridgehead atoms. The summed E-state index contributed by atoms with van der Waals surface area (Å²) in [4.78, 5) is 2.27. The van der Waals surface area contributed by atoms with Gasteiger partial charge in [-0.2, -0.15) is 0 Å². The first-order chi connectivity index (χ1) is 9.70. The van der Waals surface area contributed by atoms with E-state index in [2.05, 4.69) is 41.5 Å². The Balaban J connectivity index is 1.59. The number of hydrogen-bond donors (Lipinski definition) is 2. The molecule has 1 aliphatic rings. The lowest BCUT2D eigenvalue weighted by molar-refractivity contribution is 0.00510. The van der Waals surface area contributed by atoms with Crippen LogP contribution in [-0.2, 0) is 0 Å². The average molecular weight is 276 g/mol. The van der Waals surface area contributed by atoms with E-state index in [9.17, 15) is 5.11 Å². The van der Waals surface area contributed by atoms with E-state index in [1.165, 1.54) is 24.9 Å². The van der Waals surface area contributed by atoms with Crippen molar-refractivity contribution in [3.63, 3.8) is 0 Å². The van der Waals surface area contributed by atoms with Gasteiger partial charge in [0.05, 0.1) is 5.60 Å². The summed E-state index contributed by atoms with van der Waals surface area (Å²) in [6.07, 6.45) is 6.66. The van der Waals surface area contributed by atoms with Crippen molar-refractivity contribution in [1.29, 1.82) is 0 Å². The molecule has 112 valence electrons. The van der Waals surface area contributed by atoms with Crippen LogP contribution in [0.2, 0.25) is 0 Å². The molecule has 3 nitrogen and oxygen atoms in total. The van der Waals surface area contributed by atoms with Gasteiger partial charge in [0.2, 0.25) is 0 Å². The maximum atomic E-state index is 10.4. The smallest absolute Gasteiger partial charge is 0.0771 e. The van der Waals surface area contributed by atoms with E-state index in [0.29, 0.717) is 0 Å². The molecule has 1 saturated carbocycles. The Morgan fingerprint density at radius 2 is 1.85 bits per heavy atom. The summed E-state index contributed by atoms with van der Waals surface area (Å²) in [7, 11) is 2.13. The Labute approximate surface area is 123 Å². The van der Waals surface area contributed by atoms with E-state index in [4.69, 9.17) is 0 Å². The number of para-hydroxylation sites is 1. The van der Waals surface area contributed by atoms with Gasteiger partial charge in [0, 0.05) is 25.8 Å². The molecule has 1 fully saturated rings. The van der Waals surface area contributed by atoms with Crippen molar-refractivity contribution in [3.05, 3.63) is 30.3 Å². The van der Waals surface area contributed by atoms with Gasteiger partial charge in [-0.25, -0.2) is 0 Å². The predicted molar refractivity (Wildman–Crippen MR) is 85.2 cm³/mol. The van der Waals surface area contributed by atoms with Crippen LogP contribution in [0.5, 0.6) is 0 Å². The Morgan fingerprint density at radius 1 is 1.15 bits per heavy atom. The van der Waals surface area contributed by atoms with Crippen LogP contribution in [0.1, 0.15) is 38.5 Å². The summed E-state index contributed by atoms with van der Waals surface area (Å²) in [6.45, 7) is 2.76. The number of aliphatic hydroxyl groups is 1. The summed E-state index contributed by atoms with van der Waals surface area (Å²) >= 11 is 0. The van der Waals surface area contributed by atoms with Crippen molar-refractivity contribution >= 4 is 5.69 Å². The summed E-state index contributed by atoms with van der Waals surface area (Å²) < 4.78 is 0. The minimum absolute atomic E-state index is 0.441. The molecule has 1 aliphatic carbocycles. The minimum Gasteiger partial charge on any atom is -0.389 e. The van der Waals surface area contributed by atoms with Gasteiger partial charge in [0.25, 0.3) is 0 Å². The molecule has 0 radical (unpaired) electrons. The lowest BCUT2D eigenvalue weighted by Gasteiger charge is -2.32. The maximum absolute atomic E-state index is 10.4. The zero-order valence-electron chi connectivity index (χ0n) is 12.6. The normalized spacial score (nSPS) is 17.9. The molecule has 0 unspecified atom stereocenters. The van der Waals surface area contributed by atoms with Crippen molar-refractivity contribution in [2.24, 2.45) is 0 Å². The summed E-state index contributed by atoms with van der Waals surface area (Å²) in [5.41, 5.74) is 0.822. The van der Waals surface area contributed by atoms with Crippen molar-refractivity contribution in [2.75, 3.05) is 31.6 Å². The highest BCUT2D eigenvalue weighted by Gasteiger charge is 2.28. The molecular weight excluding hydrogens is 248 g/mol. The summed E-state index contributed by atoms with van der Waals surface area (Å²) in [5.74, 6) is 0. The molecule has 20 heavy (non-hydrogen) atoms. The number of anilines is 1. The van der Waals surface area contributed by atoms with Gasteiger partial charge in [-0.05, 0) is 37.9 Å². The van der Waals surface area contributed by atoms with Gasteiger partial charge >= 0.3 is 0 Å². The van der Waals surface area contributed by atoms with Crippen LogP contribution < -0.4 is 10.2 Å². The van der Waals surface area contributed by atoms with E-state index >= 15 is 0 Å². The third kappa shape index (κ3) is 4.80. The first-order valence-electron chi connectivity index (χ1n) is 7.89. The molecule has 0 saturated heterocycles. The van der Waals surface area contributed by atoms with Gasteiger partial charge < -0.3 is 15.3 Å². The third-order valence-corrected chi connectivity index (χ3v) is 4.28.